The number of benzene rings is 3. The number of carbonyl (C=O) groups excluding carboxylic acids is 1. The second-order valence-corrected chi connectivity index (χ2v) is 8.71. The number of sulfonamides is 1. The molecule has 0 fully saturated rings. The Bertz CT molecular complexity index is 1120. The van der Waals surface area contributed by atoms with Crippen LogP contribution in [0.1, 0.15) is 21.5 Å². The van der Waals surface area contributed by atoms with Crippen LogP contribution in [0.2, 0.25) is 0 Å². The maximum atomic E-state index is 12.2. The topological polar surface area (TPSA) is 84.8 Å². The van der Waals surface area contributed by atoms with Crippen molar-refractivity contribution in [2.75, 3.05) is 0 Å². The summed E-state index contributed by atoms with van der Waals surface area (Å²) in [4.78, 5) is 14.4. The van der Waals surface area contributed by atoms with Crippen molar-refractivity contribution in [2.45, 2.75) is 11.8 Å². The molecule has 0 radical (unpaired) electrons. The zero-order valence-corrected chi connectivity index (χ0v) is 17.8. The molecule has 1 N–H and O–H groups in total. The summed E-state index contributed by atoms with van der Waals surface area (Å²) in [5.41, 5.74) is 2.04. The Hall–Kier alpha value is -2.97. The summed E-state index contributed by atoms with van der Waals surface area (Å²) in [7, 11) is -3.73. The molecule has 0 saturated heterocycles. The van der Waals surface area contributed by atoms with Crippen molar-refractivity contribution in [1.82, 2.24) is 4.83 Å². The van der Waals surface area contributed by atoms with Crippen molar-refractivity contribution in [3.8, 4) is 5.75 Å². The van der Waals surface area contributed by atoms with Gasteiger partial charge in [-0.2, -0.15) is 13.5 Å². The zero-order chi connectivity index (χ0) is 20.9. The Kier molecular flexibility index (Phi) is 6.46. The molecule has 0 unspecified atom stereocenters. The fourth-order valence-electron chi connectivity index (χ4n) is 2.31. The number of nitrogens with zero attached hydrogens (tertiary/aromatic N) is 1. The van der Waals surface area contributed by atoms with Gasteiger partial charge < -0.3 is 4.74 Å². The van der Waals surface area contributed by atoms with Gasteiger partial charge in [0.2, 0.25) is 0 Å². The van der Waals surface area contributed by atoms with Crippen molar-refractivity contribution in [3.63, 3.8) is 0 Å². The molecule has 0 aromatic heterocycles. The Morgan fingerprint density at radius 1 is 0.966 bits per heavy atom. The lowest BCUT2D eigenvalue weighted by Gasteiger charge is -2.05. The third-order valence-corrected chi connectivity index (χ3v) is 5.66. The van der Waals surface area contributed by atoms with Crippen molar-refractivity contribution >= 4 is 38.1 Å². The predicted octanol–water partition coefficient (Wildman–Crippen LogP) is 4.29. The number of nitrogens with one attached hydrogen (secondary N) is 1. The van der Waals surface area contributed by atoms with Crippen LogP contribution in [0.5, 0.6) is 5.75 Å². The molecule has 0 atom stereocenters. The first-order valence-electron chi connectivity index (χ1n) is 8.53. The van der Waals surface area contributed by atoms with Crippen LogP contribution in [-0.2, 0) is 10.0 Å². The van der Waals surface area contributed by atoms with E-state index in [9.17, 15) is 13.2 Å². The van der Waals surface area contributed by atoms with Crippen molar-refractivity contribution < 1.29 is 17.9 Å². The van der Waals surface area contributed by atoms with Gasteiger partial charge in [-0.3, -0.25) is 0 Å². The van der Waals surface area contributed by atoms with Gasteiger partial charge in [-0.1, -0.05) is 33.6 Å². The highest BCUT2D eigenvalue weighted by atomic mass is 79.9. The molecule has 148 valence electrons. The minimum atomic E-state index is -3.73. The smallest absolute Gasteiger partial charge is 0.343 e. The van der Waals surface area contributed by atoms with Crippen LogP contribution in [-0.4, -0.2) is 20.6 Å². The van der Waals surface area contributed by atoms with E-state index in [4.69, 9.17) is 4.74 Å². The molecule has 0 aliphatic heterocycles. The van der Waals surface area contributed by atoms with E-state index in [0.717, 1.165) is 10.0 Å². The summed E-state index contributed by atoms with van der Waals surface area (Å²) in [6.07, 6.45) is 1.37. The first kappa shape index (κ1) is 20.8. The van der Waals surface area contributed by atoms with E-state index in [1.54, 1.807) is 60.7 Å². The summed E-state index contributed by atoms with van der Waals surface area (Å²) >= 11 is 3.31. The minimum absolute atomic E-state index is 0.135. The number of carbonyl (C=O) groups is 1. The maximum absolute atomic E-state index is 12.2. The Morgan fingerprint density at radius 3 is 2.21 bits per heavy atom. The third kappa shape index (κ3) is 5.75. The second kappa shape index (κ2) is 9.02. The van der Waals surface area contributed by atoms with E-state index in [-0.39, 0.29) is 4.90 Å². The number of esters is 1. The van der Waals surface area contributed by atoms with Gasteiger partial charge in [-0.25, -0.2) is 9.63 Å². The summed E-state index contributed by atoms with van der Waals surface area (Å²) in [5, 5.41) is 3.78. The van der Waals surface area contributed by atoms with Crippen molar-refractivity contribution in [3.05, 3.63) is 94.0 Å². The number of halogens is 1. The van der Waals surface area contributed by atoms with Crippen LogP contribution in [0, 0.1) is 6.92 Å². The van der Waals surface area contributed by atoms with Gasteiger partial charge in [-0.05, 0) is 73.2 Å². The lowest BCUT2D eigenvalue weighted by Crippen LogP contribution is -2.18. The number of hydrogen-bond acceptors (Lipinski definition) is 5. The standard InChI is InChI=1S/C21H17BrN2O4S/c1-15-2-12-20(13-3-15)29(26,27)24-23-14-16-4-10-19(11-5-16)28-21(25)17-6-8-18(22)9-7-17/h2-14,24H,1H3/b23-14-. The highest BCUT2D eigenvalue weighted by molar-refractivity contribution is 9.10. The van der Waals surface area contributed by atoms with Gasteiger partial charge in [0, 0.05) is 4.47 Å². The van der Waals surface area contributed by atoms with Crippen LogP contribution in [0.15, 0.2) is 87.3 Å². The zero-order valence-electron chi connectivity index (χ0n) is 15.4. The Balaban J connectivity index is 1.60. The van der Waals surface area contributed by atoms with E-state index in [0.29, 0.717) is 16.9 Å². The van der Waals surface area contributed by atoms with Crippen molar-refractivity contribution in [1.29, 1.82) is 0 Å². The van der Waals surface area contributed by atoms with E-state index in [1.165, 1.54) is 18.3 Å². The summed E-state index contributed by atoms with van der Waals surface area (Å²) in [6.45, 7) is 1.88. The fourth-order valence-corrected chi connectivity index (χ4v) is 3.37. The van der Waals surface area contributed by atoms with E-state index >= 15 is 0 Å². The molecule has 8 heteroatoms. The molecular weight excluding hydrogens is 456 g/mol. The monoisotopic (exact) mass is 472 g/mol. The second-order valence-electron chi connectivity index (χ2n) is 6.13. The van der Waals surface area contributed by atoms with Crippen LogP contribution >= 0.6 is 15.9 Å². The predicted molar refractivity (Wildman–Crippen MR) is 115 cm³/mol. The molecule has 0 saturated carbocycles. The molecule has 3 rings (SSSR count). The number of aryl methyl sites for hydroxylation is 1. The largest absolute Gasteiger partial charge is 0.423 e. The van der Waals surface area contributed by atoms with Gasteiger partial charge in [0.15, 0.2) is 0 Å². The Morgan fingerprint density at radius 2 is 1.59 bits per heavy atom. The molecule has 3 aromatic carbocycles. The van der Waals surface area contributed by atoms with E-state index in [2.05, 4.69) is 25.9 Å². The summed E-state index contributed by atoms with van der Waals surface area (Å²) < 4.78 is 30.5. The quantitative estimate of drug-likeness (QED) is 0.251. The number of ether oxygens (including phenoxy) is 1. The average Bonchev–Trinajstić information content (AvgIpc) is 2.70. The Labute approximate surface area is 177 Å². The molecule has 0 spiro atoms. The highest BCUT2D eigenvalue weighted by Gasteiger charge is 2.12. The fraction of sp³-hybridized carbons (Fsp3) is 0.0476. The number of rotatable bonds is 6. The SMILES string of the molecule is Cc1ccc(S(=O)(=O)N/N=C\c2ccc(OC(=O)c3ccc(Br)cc3)cc2)cc1. The molecule has 0 heterocycles. The first-order valence-corrected chi connectivity index (χ1v) is 10.8. The van der Waals surface area contributed by atoms with Crippen LogP contribution in [0.4, 0.5) is 0 Å². The first-order chi connectivity index (χ1) is 13.8. The van der Waals surface area contributed by atoms with E-state index < -0.39 is 16.0 Å². The summed E-state index contributed by atoms with van der Waals surface area (Å²) in [6, 6.07) is 19.8. The van der Waals surface area contributed by atoms with Gasteiger partial charge in [0.1, 0.15) is 5.75 Å². The molecule has 0 aliphatic rings. The van der Waals surface area contributed by atoms with Gasteiger partial charge >= 0.3 is 5.97 Å². The van der Waals surface area contributed by atoms with Gasteiger partial charge in [-0.15, -0.1) is 0 Å². The van der Waals surface area contributed by atoms with Crippen LogP contribution < -0.4 is 9.57 Å². The molecule has 29 heavy (non-hydrogen) atoms. The minimum Gasteiger partial charge on any atom is -0.423 e. The normalized spacial score (nSPS) is 11.4. The van der Waals surface area contributed by atoms with Gasteiger partial charge in [0.25, 0.3) is 10.0 Å². The molecule has 3 aromatic rings. The number of hydrazone groups is 1. The van der Waals surface area contributed by atoms with Crippen LogP contribution in [0.3, 0.4) is 0 Å². The van der Waals surface area contributed by atoms with Gasteiger partial charge in [0.05, 0.1) is 16.7 Å². The number of hydrogen-bond donors (Lipinski definition) is 1. The lowest BCUT2D eigenvalue weighted by atomic mass is 10.2. The van der Waals surface area contributed by atoms with Crippen molar-refractivity contribution in [2.24, 2.45) is 5.10 Å². The molecule has 0 amide bonds. The highest BCUT2D eigenvalue weighted by Crippen LogP contribution is 2.16. The van der Waals surface area contributed by atoms with Crippen LogP contribution in [0.25, 0.3) is 0 Å². The molecular formula is C21H17BrN2O4S. The lowest BCUT2D eigenvalue weighted by molar-refractivity contribution is 0.0734. The maximum Gasteiger partial charge on any atom is 0.343 e. The molecule has 0 aliphatic carbocycles. The van der Waals surface area contributed by atoms with E-state index in [1.807, 2.05) is 6.92 Å². The molecule has 6 nitrogen and oxygen atoms in total. The summed E-state index contributed by atoms with van der Waals surface area (Å²) in [5.74, 6) is -0.0971. The average molecular weight is 473 g/mol. The third-order valence-electron chi connectivity index (χ3n) is 3.89. The molecule has 0 bridgehead atoms.